The molecule has 1 heterocycles. The lowest BCUT2D eigenvalue weighted by atomic mass is 10.0. The fraction of sp³-hybridized carbons (Fsp3) is 0. The van der Waals surface area contributed by atoms with Gasteiger partial charge in [-0.1, -0.05) is 53.5 Å². The van der Waals surface area contributed by atoms with E-state index in [0.717, 1.165) is 5.56 Å². The van der Waals surface area contributed by atoms with E-state index in [4.69, 9.17) is 23.2 Å². The smallest absolute Gasteiger partial charge is 0.352 e. The van der Waals surface area contributed by atoms with E-state index in [1.807, 2.05) is 30.3 Å². The minimum Gasteiger partial charge on any atom is -0.477 e. The van der Waals surface area contributed by atoms with Crippen LogP contribution in [0.4, 0.5) is 0 Å². The van der Waals surface area contributed by atoms with E-state index in [1.165, 1.54) is 0 Å². The van der Waals surface area contributed by atoms with Crippen molar-refractivity contribution >= 4 is 40.1 Å². The maximum absolute atomic E-state index is 11.5. The van der Waals surface area contributed by atoms with Crippen molar-refractivity contribution in [3.05, 3.63) is 58.2 Å². The van der Waals surface area contributed by atoms with E-state index in [1.54, 1.807) is 12.1 Å². The van der Waals surface area contributed by atoms with Crippen LogP contribution in [-0.2, 0) is 0 Å². The zero-order valence-corrected chi connectivity index (χ0v) is 11.7. The minimum absolute atomic E-state index is 0.107. The summed E-state index contributed by atoms with van der Waals surface area (Å²) in [5, 5.41) is 10.9. The Labute approximate surface area is 124 Å². The molecular weight excluding hydrogens is 297 g/mol. The van der Waals surface area contributed by atoms with Gasteiger partial charge < -0.3 is 10.1 Å². The number of carboxylic acids is 1. The van der Waals surface area contributed by atoms with Crippen LogP contribution in [0.1, 0.15) is 10.5 Å². The van der Waals surface area contributed by atoms with Gasteiger partial charge in [0, 0.05) is 16.0 Å². The maximum Gasteiger partial charge on any atom is 0.352 e. The Hall–Kier alpha value is -1.97. The number of hydrogen-bond donors (Lipinski definition) is 2. The number of aromatic nitrogens is 1. The van der Waals surface area contributed by atoms with Gasteiger partial charge in [-0.2, -0.15) is 0 Å². The van der Waals surface area contributed by atoms with Crippen LogP contribution in [0.25, 0.3) is 22.0 Å². The number of aromatic amines is 1. The molecule has 100 valence electrons. The molecule has 0 spiro atoms. The summed E-state index contributed by atoms with van der Waals surface area (Å²) in [6.07, 6.45) is 0. The van der Waals surface area contributed by atoms with Crippen LogP contribution in [-0.4, -0.2) is 16.1 Å². The van der Waals surface area contributed by atoms with E-state index in [0.29, 0.717) is 26.5 Å². The molecule has 0 aliphatic rings. The third-order valence-electron chi connectivity index (χ3n) is 3.10. The van der Waals surface area contributed by atoms with Gasteiger partial charge in [0.25, 0.3) is 0 Å². The van der Waals surface area contributed by atoms with Crippen LogP contribution in [0.15, 0.2) is 42.5 Å². The Morgan fingerprint density at radius 1 is 1.10 bits per heavy atom. The molecule has 2 N–H and O–H groups in total. The van der Waals surface area contributed by atoms with Crippen LogP contribution in [0.2, 0.25) is 10.0 Å². The molecule has 5 heteroatoms. The summed E-state index contributed by atoms with van der Waals surface area (Å²) in [5.41, 5.74) is 2.08. The van der Waals surface area contributed by atoms with Gasteiger partial charge in [-0.15, -0.1) is 0 Å². The number of hydrogen-bond acceptors (Lipinski definition) is 1. The average Bonchev–Trinajstić information content (AvgIpc) is 2.79. The molecule has 0 bridgehead atoms. The van der Waals surface area contributed by atoms with Crippen molar-refractivity contribution in [2.24, 2.45) is 0 Å². The number of carboxylic acid groups (broad SMARTS) is 1. The molecule has 0 saturated heterocycles. The first-order valence-corrected chi connectivity index (χ1v) is 6.63. The van der Waals surface area contributed by atoms with Gasteiger partial charge in [0.05, 0.1) is 10.5 Å². The Morgan fingerprint density at radius 3 is 2.45 bits per heavy atom. The molecule has 0 unspecified atom stereocenters. The standard InChI is InChI=1S/C15H9Cl2NO2/c16-9-6-10-12(8-4-2-1-3-5-8)14(15(19)20)18-13(10)11(17)7-9/h1-7,18H,(H,19,20). The lowest BCUT2D eigenvalue weighted by Gasteiger charge is -2.02. The molecule has 0 amide bonds. The second-order valence-corrected chi connectivity index (χ2v) is 5.20. The minimum atomic E-state index is -1.03. The molecule has 3 nitrogen and oxygen atoms in total. The van der Waals surface area contributed by atoms with Gasteiger partial charge in [-0.05, 0) is 17.7 Å². The molecule has 20 heavy (non-hydrogen) atoms. The number of carbonyl (C=O) groups is 1. The molecular formula is C15H9Cl2NO2. The van der Waals surface area contributed by atoms with E-state index in [9.17, 15) is 9.90 Å². The summed E-state index contributed by atoms with van der Waals surface area (Å²) < 4.78 is 0. The third kappa shape index (κ3) is 2.05. The lowest BCUT2D eigenvalue weighted by molar-refractivity contribution is 0.0692. The molecule has 3 aromatic rings. The van der Waals surface area contributed by atoms with Crippen molar-refractivity contribution in [2.75, 3.05) is 0 Å². The zero-order valence-electron chi connectivity index (χ0n) is 10.2. The molecule has 0 radical (unpaired) electrons. The maximum atomic E-state index is 11.5. The predicted octanol–water partition coefficient (Wildman–Crippen LogP) is 4.84. The van der Waals surface area contributed by atoms with Crippen LogP contribution >= 0.6 is 23.2 Å². The summed E-state index contributed by atoms with van der Waals surface area (Å²) in [7, 11) is 0. The van der Waals surface area contributed by atoms with Crippen molar-refractivity contribution in [2.45, 2.75) is 0 Å². The summed E-state index contributed by atoms with van der Waals surface area (Å²) >= 11 is 12.2. The molecule has 1 aromatic heterocycles. The highest BCUT2D eigenvalue weighted by atomic mass is 35.5. The van der Waals surface area contributed by atoms with Crippen LogP contribution in [0.5, 0.6) is 0 Å². The molecule has 0 aliphatic heterocycles. The number of fused-ring (bicyclic) bond motifs is 1. The molecule has 2 aromatic carbocycles. The van der Waals surface area contributed by atoms with Crippen LogP contribution in [0, 0.1) is 0 Å². The summed E-state index contributed by atoms with van der Waals surface area (Å²) in [5.74, 6) is -1.03. The van der Waals surface area contributed by atoms with Gasteiger partial charge in [0.2, 0.25) is 0 Å². The first kappa shape index (κ1) is 13.0. The lowest BCUT2D eigenvalue weighted by Crippen LogP contribution is -1.98. The monoisotopic (exact) mass is 305 g/mol. The number of H-pyrrole nitrogens is 1. The number of aromatic carboxylic acids is 1. The third-order valence-corrected chi connectivity index (χ3v) is 3.62. The Kier molecular flexibility index (Phi) is 3.16. The fourth-order valence-electron chi connectivity index (χ4n) is 2.29. The Balaban J connectivity index is 2.44. The normalized spacial score (nSPS) is 10.9. The van der Waals surface area contributed by atoms with Gasteiger partial charge in [-0.25, -0.2) is 4.79 Å². The van der Waals surface area contributed by atoms with Crippen molar-refractivity contribution in [3.63, 3.8) is 0 Å². The predicted molar refractivity (Wildman–Crippen MR) is 80.7 cm³/mol. The highest BCUT2D eigenvalue weighted by Crippen LogP contribution is 2.37. The van der Waals surface area contributed by atoms with Crippen LogP contribution < -0.4 is 0 Å². The van der Waals surface area contributed by atoms with Crippen molar-refractivity contribution in [1.82, 2.24) is 4.98 Å². The van der Waals surface area contributed by atoms with Crippen molar-refractivity contribution < 1.29 is 9.90 Å². The summed E-state index contributed by atoms with van der Waals surface area (Å²) in [6, 6.07) is 12.6. The topological polar surface area (TPSA) is 53.1 Å². The SMILES string of the molecule is O=C(O)c1[nH]c2c(Cl)cc(Cl)cc2c1-c1ccccc1. The quantitative estimate of drug-likeness (QED) is 0.711. The molecule has 3 rings (SSSR count). The van der Waals surface area contributed by atoms with Gasteiger partial charge in [0.15, 0.2) is 0 Å². The highest BCUT2D eigenvalue weighted by molar-refractivity contribution is 6.39. The number of nitrogens with one attached hydrogen (secondary N) is 1. The second kappa shape index (κ2) is 4.85. The van der Waals surface area contributed by atoms with Gasteiger partial charge >= 0.3 is 5.97 Å². The van der Waals surface area contributed by atoms with Crippen LogP contribution in [0.3, 0.4) is 0 Å². The van der Waals surface area contributed by atoms with E-state index in [-0.39, 0.29) is 5.69 Å². The number of rotatable bonds is 2. The first-order chi connectivity index (χ1) is 9.58. The number of benzene rings is 2. The molecule has 0 aliphatic carbocycles. The zero-order chi connectivity index (χ0) is 14.3. The first-order valence-electron chi connectivity index (χ1n) is 5.87. The summed E-state index contributed by atoms with van der Waals surface area (Å²) in [4.78, 5) is 14.3. The number of halogens is 2. The van der Waals surface area contributed by atoms with E-state index < -0.39 is 5.97 Å². The van der Waals surface area contributed by atoms with E-state index >= 15 is 0 Å². The largest absolute Gasteiger partial charge is 0.477 e. The molecule has 0 saturated carbocycles. The van der Waals surface area contributed by atoms with Gasteiger partial charge in [-0.3, -0.25) is 0 Å². The highest BCUT2D eigenvalue weighted by Gasteiger charge is 2.20. The summed E-state index contributed by atoms with van der Waals surface area (Å²) in [6.45, 7) is 0. The Bertz CT molecular complexity index is 810. The fourth-order valence-corrected chi connectivity index (χ4v) is 2.83. The molecule has 0 atom stereocenters. The van der Waals surface area contributed by atoms with Gasteiger partial charge in [0.1, 0.15) is 5.69 Å². The Morgan fingerprint density at radius 2 is 1.80 bits per heavy atom. The van der Waals surface area contributed by atoms with E-state index in [2.05, 4.69) is 4.98 Å². The van der Waals surface area contributed by atoms with Crippen molar-refractivity contribution in [3.8, 4) is 11.1 Å². The average molecular weight is 306 g/mol. The molecule has 0 fully saturated rings. The van der Waals surface area contributed by atoms with Crippen molar-refractivity contribution in [1.29, 1.82) is 0 Å². The second-order valence-electron chi connectivity index (χ2n) is 4.36.